The number of nitrogens with one attached hydrogen (secondary N) is 1. The first-order chi connectivity index (χ1) is 11.1. The molecule has 1 aliphatic heterocycles. The van der Waals surface area contributed by atoms with Gasteiger partial charge in [0.15, 0.2) is 0 Å². The van der Waals surface area contributed by atoms with Crippen LogP contribution in [-0.2, 0) is 16.0 Å². The topological polar surface area (TPSA) is 73.4 Å². The van der Waals surface area contributed by atoms with Crippen molar-refractivity contribution in [2.24, 2.45) is 5.92 Å². The maximum atomic E-state index is 12.4. The third kappa shape index (κ3) is 3.23. The Morgan fingerprint density at radius 1 is 1.39 bits per heavy atom. The van der Waals surface area contributed by atoms with Gasteiger partial charge in [-0.25, -0.2) is 0 Å². The second-order valence-corrected chi connectivity index (χ2v) is 6.33. The van der Waals surface area contributed by atoms with E-state index in [9.17, 15) is 9.59 Å². The van der Waals surface area contributed by atoms with Gasteiger partial charge in [0.2, 0.25) is 5.91 Å². The highest BCUT2D eigenvalue weighted by molar-refractivity contribution is 5.86. The zero-order valence-electron chi connectivity index (χ0n) is 13.3. The largest absolute Gasteiger partial charge is 0.481 e. The number of likely N-dealkylation sites (tertiary alicyclic amines) is 1. The van der Waals surface area contributed by atoms with Crippen molar-refractivity contribution in [2.75, 3.05) is 13.1 Å². The number of aromatic amines is 1. The van der Waals surface area contributed by atoms with Crippen molar-refractivity contribution >= 4 is 22.8 Å². The number of amides is 1. The second kappa shape index (κ2) is 6.44. The van der Waals surface area contributed by atoms with Crippen LogP contribution >= 0.6 is 0 Å². The quantitative estimate of drug-likeness (QED) is 0.911. The Bertz CT molecular complexity index is 735. The zero-order chi connectivity index (χ0) is 16.4. The number of nitrogens with zero attached hydrogens (tertiary/aromatic N) is 1. The van der Waals surface area contributed by atoms with Gasteiger partial charge in [0.1, 0.15) is 0 Å². The number of carbonyl (C=O) groups excluding carboxylic acids is 1. The summed E-state index contributed by atoms with van der Waals surface area (Å²) in [6.45, 7) is 3.09. The number of carboxylic acids is 1. The van der Waals surface area contributed by atoms with Gasteiger partial charge in [-0.15, -0.1) is 0 Å². The Morgan fingerprint density at radius 2 is 2.22 bits per heavy atom. The predicted molar refractivity (Wildman–Crippen MR) is 88.3 cm³/mol. The minimum Gasteiger partial charge on any atom is -0.481 e. The van der Waals surface area contributed by atoms with E-state index in [-0.39, 0.29) is 5.91 Å². The number of hydrogen-bond acceptors (Lipinski definition) is 2. The Hall–Kier alpha value is -2.30. The highest BCUT2D eigenvalue weighted by Crippen LogP contribution is 2.23. The van der Waals surface area contributed by atoms with E-state index in [0.717, 1.165) is 17.5 Å². The summed E-state index contributed by atoms with van der Waals surface area (Å²) in [5.41, 5.74) is 3.46. The lowest BCUT2D eigenvalue weighted by atomic mass is 9.97. The van der Waals surface area contributed by atoms with Crippen LogP contribution in [0.4, 0.5) is 0 Å². The van der Waals surface area contributed by atoms with Crippen LogP contribution < -0.4 is 0 Å². The molecule has 0 aliphatic carbocycles. The van der Waals surface area contributed by atoms with Crippen molar-refractivity contribution in [3.63, 3.8) is 0 Å². The normalized spacial score (nSPS) is 18.3. The zero-order valence-corrected chi connectivity index (χ0v) is 13.3. The number of rotatable bonds is 4. The number of carboxylic acid groups (broad SMARTS) is 1. The fourth-order valence-corrected chi connectivity index (χ4v) is 3.38. The van der Waals surface area contributed by atoms with Crippen LogP contribution in [0.25, 0.3) is 10.9 Å². The van der Waals surface area contributed by atoms with Crippen molar-refractivity contribution in [3.8, 4) is 0 Å². The Balaban J connectivity index is 1.64. The Morgan fingerprint density at radius 3 is 3.00 bits per heavy atom. The van der Waals surface area contributed by atoms with E-state index in [1.54, 1.807) is 4.90 Å². The number of fused-ring (bicyclic) bond motifs is 1. The fraction of sp³-hybridized carbons (Fsp3) is 0.444. The maximum absolute atomic E-state index is 12.4. The standard InChI is InChI=1S/C18H22N2O3/c1-12-4-2-6-15-13(10-19-17(12)15)7-8-16(21)20-9-3-5-14(11-20)18(22)23/h2,4,6,10,14,19H,3,5,7-9,11H2,1H3,(H,22,23). The number of H-pyrrole nitrogens is 1. The first kappa shape index (κ1) is 15.6. The first-order valence-electron chi connectivity index (χ1n) is 8.12. The number of aliphatic carboxylic acids is 1. The number of hydrogen-bond donors (Lipinski definition) is 2. The molecule has 0 saturated carbocycles. The molecular weight excluding hydrogens is 292 g/mol. The van der Waals surface area contributed by atoms with Crippen LogP contribution in [0.1, 0.15) is 30.4 Å². The molecule has 122 valence electrons. The van der Waals surface area contributed by atoms with Gasteiger partial charge in [-0.05, 0) is 37.3 Å². The molecule has 1 amide bonds. The van der Waals surface area contributed by atoms with Gasteiger partial charge in [-0.1, -0.05) is 18.2 Å². The number of aromatic nitrogens is 1. The van der Waals surface area contributed by atoms with Crippen LogP contribution in [0.15, 0.2) is 24.4 Å². The summed E-state index contributed by atoms with van der Waals surface area (Å²) < 4.78 is 0. The first-order valence-corrected chi connectivity index (χ1v) is 8.12. The summed E-state index contributed by atoms with van der Waals surface area (Å²) in [6, 6.07) is 6.16. The van der Waals surface area contributed by atoms with Crippen molar-refractivity contribution in [1.82, 2.24) is 9.88 Å². The number of para-hydroxylation sites is 1. The molecule has 0 spiro atoms. The summed E-state index contributed by atoms with van der Waals surface area (Å²) in [7, 11) is 0. The molecule has 5 nitrogen and oxygen atoms in total. The highest BCUT2D eigenvalue weighted by atomic mass is 16.4. The average molecular weight is 314 g/mol. The van der Waals surface area contributed by atoms with Crippen LogP contribution in [-0.4, -0.2) is 40.0 Å². The van der Waals surface area contributed by atoms with Gasteiger partial charge >= 0.3 is 5.97 Å². The van der Waals surface area contributed by atoms with E-state index in [1.807, 2.05) is 12.3 Å². The Labute approximate surface area is 135 Å². The minimum atomic E-state index is -0.797. The smallest absolute Gasteiger partial charge is 0.308 e. The second-order valence-electron chi connectivity index (χ2n) is 6.33. The van der Waals surface area contributed by atoms with Gasteiger partial charge in [-0.2, -0.15) is 0 Å². The molecule has 0 bridgehead atoms. The summed E-state index contributed by atoms with van der Waals surface area (Å²) in [5, 5.41) is 10.3. The Kier molecular flexibility index (Phi) is 4.37. The minimum absolute atomic E-state index is 0.0537. The van der Waals surface area contributed by atoms with E-state index >= 15 is 0 Å². The third-order valence-electron chi connectivity index (χ3n) is 4.74. The lowest BCUT2D eigenvalue weighted by Crippen LogP contribution is -2.42. The van der Waals surface area contributed by atoms with E-state index in [4.69, 9.17) is 5.11 Å². The molecule has 0 radical (unpaired) electrons. The van der Waals surface area contributed by atoms with E-state index in [0.29, 0.717) is 32.4 Å². The number of benzene rings is 1. The molecule has 1 aromatic carbocycles. The summed E-state index contributed by atoms with van der Waals surface area (Å²) in [5.74, 6) is -1.16. The molecule has 2 N–H and O–H groups in total. The van der Waals surface area contributed by atoms with Crippen molar-refractivity contribution < 1.29 is 14.7 Å². The monoisotopic (exact) mass is 314 g/mol. The summed E-state index contributed by atoms with van der Waals surface area (Å²) in [6.07, 6.45) is 4.51. The van der Waals surface area contributed by atoms with Crippen molar-refractivity contribution in [3.05, 3.63) is 35.5 Å². The molecule has 3 rings (SSSR count). The van der Waals surface area contributed by atoms with Gasteiger partial charge in [0.25, 0.3) is 0 Å². The third-order valence-corrected chi connectivity index (χ3v) is 4.74. The van der Waals surface area contributed by atoms with E-state index < -0.39 is 11.9 Å². The van der Waals surface area contributed by atoms with E-state index in [2.05, 4.69) is 24.0 Å². The molecule has 1 unspecified atom stereocenters. The number of carbonyl (C=O) groups is 2. The fourth-order valence-electron chi connectivity index (χ4n) is 3.38. The average Bonchev–Trinajstić information content (AvgIpc) is 2.97. The lowest BCUT2D eigenvalue weighted by molar-refractivity contribution is -0.145. The number of piperidine rings is 1. The van der Waals surface area contributed by atoms with E-state index in [1.165, 1.54) is 10.9 Å². The van der Waals surface area contributed by atoms with Crippen LogP contribution in [0.5, 0.6) is 0 Å². The molecule has 1 saturated heterocycles. The van der Waals surface area contributed by atoms with Crippen LogP contribution in [0.3, 0.4) is 0 Å². The van der Waals surface area contributed by atoms with Gasteiger partial charge in [-0.3, -0.25) is 9.59 Å². The summed E-state index contributed by atoms with van der Waals surface area (Å²) in [4.78, 5) is 28.5. The molecule has 5 heteroatoms. The number of aryl methyl sites for hydroxylation is 2. The van der Waals surface area contributed by atoms with Gasteiger partial charge in [0.05, 0.1) is 5.92 Å². The summed E-state index contributed by atoms with van der Waals surface area (Å²) >= 11 is 0. The molecule has 23 heavy (non-hydrogen) atoms. The van der Waals surface area contributed by atoms with Gasteiger partial charge in [0, 0.05) is 36.6 Å². The maximum Gasteiger partial charge on any atom is 0.308 e. The van der Waals surface area contributed by atoms with Crippen LogP contribution in [0, 0.1) is 12.8 Å². The molecule has 1 aliphatic rings. The molecule has 1 atom stereocenters. The van der Waals surface area contributed by atoms with Crippen molar-refractivity contribution in [1.29, 1.82) is 0 Å². The van der Waals surface area contributed by atoms with Gasteiger partial charge < -0.3 is 15.0 Å². The SMILES string of the molecule is Cc1cccc2c(CCC(=O)N3CCCC(C(=O)O)C3)c[nH]c12. The van der Waals surface area contributed by atoms with Crippen LogP contribution in [0.2, 0.25) is 0 Å². The molecule has 1 fully saturated rings. The molecule has 1 aromatic heterocycles. The molecular formula is C18H22N2O3. The lowest BCUT2D eigenvalue weighted by Gasteiger charge is -2.30. The molecule has 2 aromatic rings. The predicted octanol–water partition coefficient (Wildman–Crippen LogP) is 2.73. The van der Waals surface area contributed by atoms with Crippen molar-refractivity contribution in [2.45, 2.75) is 32.6 Å². The molecule has 2 heterocycles. The highest BCUT2D eigenvalue weighted by Gasteiger charge is 2.27.